The summed E-state index contributed by atoms with van der Waals surface area (Å²) in [6.45, 7) is 5.41. The quantitative estimate of drug-likeness (QED) is 0.834. The van der Waals surface area contributed by atoms with Crippen LogP contribution < -0.4 is 0 Å². The Kier molecular flexibility index (Phi) is 2.52. The molecular weight excluding hydrogens is 202 g/mol. The lowest BCUT2D eigenvalue weighted by Gasteiger charge is -2.11. The number of hydrogen-bond donors (Lipinski definition) is 1. The van der Waals surface area contributed by atoms with E-state index >= 15 is 0 Å². The monoisotopic (exact) mass is 217 g/mol. The summed E-state index contributed by atoms with van der Waals surface area (Å²) in [6.07, 6.45) is 1.74. The number of benzene rings is 1. The van der Waals surface area contributed by atoms with E-state index in [1.807, 2.05) is 31.2 Å². The van der Waals surface area contributed by atoms with Gasteiger partial charge in [0.05, 0.1) is 11.9 Å². The average molecular weight is 217 g/mol. The maximum absolute atomic E-state index is 9.79. The highest BCUT2D eigenvalue weighted by atomic mass is 16.3. The van der Waals surface area contributed by atoms with Crippen LogP contribution in [0.5, 0.6) is 0 Å². The zero-order chi connectivity index (χ0) is 11.8. The summed E-state index contributed by atoms with van der Waals surface area (Å²) >= 11 is 0. The molecule has 1 aromatic carbocycles. The van der Waals surface area contributed by atoms with Crippen LogP contribution in [0.2, 0.25) is 0 Å². The molecule has 2 rings (SSSR count). The molecule has 0 unspecified atom stereocenters. The van der Waals surface area contributed by atoms with Gasteiger partial charge in [0, 0.05) is 0 Å². The van der Waals surface area contributed by atoms with Crippen molar-refractivity contribution in [3.63, 3.8) is 0 Å². The Morgan fingerprint density at radius 3 is 2.62 bits per heavy atom. The lowest BCUT2D eigenvalue weighted by Crippen LogP contribution is -2.15. The van der Waals surface area contributed by atoms with Gasteiger partial charge in [0.1, 0.15) is 11.3 Å². The first-order valence-electron chi connectivity index (χ1n) is 5.19. The van der Waals surface area contributed by atoms with Gasteiger partial charge in [0.25, 0.3) is 0 Å². The summed E-state index contributed by atoms with van der Waals surface area (Å²) < 4.78 is 1.67. The smallest absolute Gasteiger partial charge is 0.114 e. The molecule has 1 heterocycles. The van der Waals surface area contributed by atoms with Crippen LogP contribution in [0.4, 0.5) is 0 Å². The van der Waals surface area contributed by atoms with Crippen molar-refractivity contribution in [2.75, 3.05) is 0 Å². The zero-order valence-electron chi connectivity index (χ0n) is 9.68. The molecule has 0 bridgehead atoms. The Morgan fingerprint density at radius 2 is 2.06 bits per heavy atom. The molecular formula is C12H15N3O. The molecule has 4 heteroatoms. The van der Waals surface area contributed by atoms with Gasteiger partial charge in [0.15, 0.2) is 0 Å². The third-order valence-corrected chi connectivity index (χ3v) is 2.39. The van der Waals surface area contributed by atoms with E-state index in [2.05, 4.69) is 10.3 Å². The van der Waals surface area contributed by atoms with Gasteiger partial charge in [-0.25, -0.2) is 4.68 Å². The van der Waals surface area contributed by atoms with Crippen LogP contribution >= 0.6 is 0 Å². The van der Waals surface area contributed by atoms with E-state index in [0.29, 0.717) is 5.69 Å². The molecule has 0 aliphatic rings. The molecule has 1 aromatic heterocycles. The standard InChI is InChI=1S/C12H15N3O/c1-9-5-4-6-10(7-9)15-8-11(13-14-15)12(2,3)16/h4-8,16H,1-3H3. The van der Waals surface area contributed by atoms with E-state index in [9.17, 15) is 5.11 Å². The lowest BCUT2D eigenvalue weighted by molar-refractivity contribution is 0.0737. The van der Waals surface area contributed by atoms with Gasteiger partial charge >= 0.3 is 0 Å². The van der Waals surface area contributed by atoms with Gasteiger partial charge < -0.3 is 5.11 Å². The SMILES string of the molecule is Cc1cccc(-n2cc(C(C)(C)O)nn2)c1. The first-order valence-corrected chi connectivity index (χ1v) is 5.19. The van der Waals surface area contributed by atoms with E-state index in [4.69, 9.17) is 0 Å². The predicted octanol–water partition coefficient (Wildman–Crippen LogP) is 1.80. The average Bonchev–Trinajstić information content (AvgIpc) is 2.65. The van der Waals surface area contributed by atoms with Crippen molar-refractivity contribution < 1.29 is 5.11 Å². The molecule has 0 radical (unpaired) electrons. The largest absolute Gasteiger partial charge is 0.384 e. The van der Waals surface area contributed by atoms with E-state index in [1.165, 1.54) is 0 Å². The number of hydrogen-bond acceptors (Lipinski definition) is 3. The van der Waals surface area contributed by atoms with Crippen LogP contribution in [-0.4, -0.2) is 20.1 Å². The molecule has 0 fully saturated rings. The molecule has 4 nitrogen and oxygen atoms in total. The number of aliphatic hydroxyl groups is 1. The second kappa shape index (κ2) is 3.72. The van der Waals surface area contributed by atoms with Crippen molar-refractivity contribution in [1.29, 1.82) is 0 Å². The Morgan fingerprint density at radius 1 is 1.31 bits per heavy atom. The van der Waals surface area contributed by atoms with Gasteiger partial charge in [0.2, 0.25) is 0 Å². The summed E-state index contributed by atoms with van der Waals surface area (Å²) in [6, 6.07) is 7.96. The Bertz CT molecular complexity index is 497. The number of rotatable bonds is 2. The molecule has 16 heavy (non-hydrogen) atoms. The highest BCUT2D eigenvalue weighted by Crippen LogP contribution is 2.17. The van der Waals surface area contributed by atoms with E-state index in [1.54, 1.807) is 24.7 Å². The molecule has 0 saturated heterocycles. The first-order chi connectivity index (χ1) is 7.47. The summed E-state index contributed by atoms with van der Waals surface area (Å²) in [5, 5.41) is 17.7. The second-order valence-electron chi connectivity index (χ2n) is 4.45. The Labute approximate surface area is 94.5 Å². The van der Waals surface area contributed by atoms with Crippen LogP contribution in [0.25, 0.3) is 5.69 Å². The molecule has 0 atom stereocenters. The normalized spacial score (nSPS) is 11.8. The third kappa shape index (κ3) is 2.12. The molecule has 0 amide bonds. The fraction of sp³-hybridized carbons (Fsp3) is 0.333. The van der Waals surface area contributed by atoms with E-state index < -0.39 is 5.60 Å². The molecule has 0 saturated carbocycles. The van der Waals surface area contributed by atoms with Crippen molar-refractivity contribution in [3.8, 4) is 5.69 Å². The molecule has 0 aliphatic carbocycles. The topological polar surface area (TPSA) is 50.9 Å². The number of aryl methyl sites for hydroxylation is 1. The minimum atomic E-state index is -0.956. The second-order valence-corrected chi connectivity index (χ2v) is 4.45. The summed E-state index contributed by atoms with van der Waals surface area (Å²) in [5.74, 6) is 0. The zero-order valence-corrected chi connectivity index (χ0v) is 9.68. The Hall–Kier alpha value is -1.68. The van der Waals surface area contributed by atoms with Crippen LogP contribution in [0.1, 0.15) is 25.1 Å². The van der Waals surface area contributed by atoms with Crippen LogP contribution in [0.3, 0.4) is 0 Å². The van der Waals surface area contributed by atoms with Gasteiger partial charge in [-0.15, -0.1) is 5.10 Å². The van der Waals surface area contributed by atoms with Gasteiger partial charge in [-0.3, -0.25) is 0 Å². The first kappa shape index (κ1) is 10.8. The maximum atomic E-state index is 9.79. The van der Waals surface area contributed by atoms with Gasteiger partial charge in [-0.1, -0.05) is 17.3 Å². The summed E-state index contributed by atoms with van der Waals surface area (Å²) in [5.41, 5.74) is 1.72. The molecule has 2 aromatic rings. The van der Waals surface area contributed by atoms with Crippen LogP contribution in [-0.2, 0) is 5.60 Å². The number of aromatic nitrogens is 3. The van der Waals surface area contributed by atoms with Crippen molar-refractivity contribution in [3.05, 3.63) is 41.7 Å². The van der Waals surface area contributed by atoms with Crippen molar-refractivity contribution in [2.45, 2.75) is 26.4 Å². The van der Waals surface area contributed by atoms with Crippen molar-refractivity contribution >= 4 is 0 Å². The fourth-order valence-corrected chi connectivity index (χ4v) is 1.44. The van der Waals surface area contributed by atoms with E-state index in [-0.39, 0.29) is 0 Å². The minimum Gasteiger partial charge on any atom is -0.384 e. The highest BCUT2D eigenvalue weighted by molar-refractivity contribution is 5.34. The van der Waals surface area contributed by atoms with Crippen LogP contribution in [0, 0.1) is 6.92 Å². The van der Waals surface area contributed by atoms with Crippen molar-refractivity contribution in [2.24, 2.45) is 0 Å². The number of nitrogens with zero attached hydrogens (tertiary/aromatic N) is 3. The molecule has 0 spiro atoms. The van der Waals surface area contributed by atoms with E-state index in [0.717, 1.165) is 11.3 Å². The molecule has 1 N–H and O–H groups in total. The molecule has 84 valence electrons. The molecule has 0 aliphatic heterocycles. The van der Waals surface area contributed by atoms with Gasteiger partial charge in [-0.2, -0.15) is 0 Å². The fourth-order valence-electron chi connectivity index (χ4n) is 1.44. The van der Waals surface area contributed by atoms with Crippen molar-refractivity contribution in [1.82, 2.24) is 15.0 Å². The minimum absolute atomic E-state index is 0.564. The summed E-state index contributed by atoms with van der Waals surface area (Å²) in [4.78, 5) is 0. The summed E-state index contributed by atoms with van der Waals surface area (Å²) in [7, 11) is 0. The lowest BCUT2D eigenvalue weighted by atomic mass is 10.1. The maximum Gasteiger partial charge on any atom is 0.114 e. The Balaban J connectivity index is 2.39. The predicted molar refractivity (Wildman–Crippen MR) is 61.3 cm³/mol. The van der Waals surface area contributed by atoms with Gasteiger partial charge in [-0.05, 0) is 38.5 Å². The highest BCUT2D eigenvalue weighted by Gasteiger charge is 2.20. The third-order valence-electron chi connectivity index (χ3n) is 2.39. The van der Waals surface area contributed by atoms with Crippen LogP contribution in [0.15, 0.2) is 30.5 Å².